The summed E-state index contributed by atoms with van der Waals surface area (Å²) in [5, 5.41) is 7.21. The second kappa shape index (κ2) is 10.9. The Kier molecular flexibility index (Phi) is 8.04. The van der Waals surface area contributed by atoms with Crippen LogP contribution in [-0.4, -0.2) is 19.1 Å². The van der Waals surface area contributed by atoms with Gasteiger partial charge in [-0.3, -0.25) is 4.79 Å². The first kappa shape index (κ1) is 22.8. The summed E-state index contributed by atoms with van der Waals surface area (Å²) in [7, 11) is 0. The second-order valence-corrected chi connectivity index (χ2v) is 7.62. The minimum absolute atomic E-state index is 0.187. The van der Waals surface area contributed by atoms with E-state index in [-0.39, 0.29) is 12.5 Å². The molecule has 1 amide bonds. The largest absolute Gasteiger partial charge is 0.490 e. The summed E-state index contributed by atoms with van der Waals surface area (Å²) in [5.41, 5.74) is 3.53. The Hall–Kier alpha value is -2.89. The van der Waals surface area contributed by atoms with Crippen LogP contribution < -0.4 is 20.1 Å². The van der Waals surface area contributed by atoms with Crippen LogP contribution in [0, 0.1) is 6.92 Å². The van der Waals surface area contributed by atoms with Crippen LogP contribution in [-0.2, 0) is 11.3 Å². The predicted octanol–water partition coefficient (Wildman–Crippen LogP) is 6.33. The minimum atomic E-state index is -0.285. The number of halogens is 2. The van der Waals surface area contributed by atoms with Gasteiger partial charge in [0.25, 0.3) is 5.91 Å². The van der Waals surface area contributed by atoms with Gasteiger partial charge in [-0.15, -0.1) is 0 Å². The number of para-hydroxylation sites is 1. The number of ether oxygens (including phenoxy) is 2. The standard InChI is InChI=1S/C24H24Cl2N2O3/c1-3-30-22-13-17(14-27-21-11-7-10-19(25)16(21)2)12-20(26)24(22)31-15-23(29)28-18-8-5-4-6-9-18/h4-13,27H,3,14-15H2,1-2H3,(H,28,29). The van der Waals surface area contributed by atoms with E-state index in [4.69, 9.17) is 32.7 Å². The van der Waals surface area contributed by atoms with Crippen LogP contribution in [0.2, 0.25) is 10.0 Å². The van der Waals surface area contributed by atoms with Gasteiger partial charge in [0.1, 0.15) is 0 Å². The molecule has 0 saturated carbocycles. The van der Waals surface area contributed by atoms with Gasteiger partial charge < -0.3 is 20.1 Å². The molecular formula is C24H24Cl2N2O3. The molecule has 0 unspecified atom stereocenters. The van der Waals surface area contributed by atoms with E-state index in [1.807, 2.05) is 56.3 Å². The summed E-state index contributed by atoms with van der Waals surface area (Å²) >= 11 is 12.7. The molecule has 0 heterocycles. The summed E-state index contributed by atoms with van der Waals surface area (Å²) in [6.07, 6.45) is 0. The third-order valence-corrected chi connectivity index (χ3v) is 5.22. The lowest BCUT2D eigenvalue weighted by molar-refractivity contribution is -0.118. The fourth-order valence-corrected chi connectivity index (χ4v) is 3.44. The number of anilines is 2. The summed E-state index contributed by atoms with van der Waals surface area (Å²) in [6.45, 7) is 4.61. The summed E-state index contributed by atoms with van der Waals surface area (Å²) in [5.74, 6) is 0.545. The van der Waals surface area contributed by atoms with Gasteiger partial charge in [0.15, 0.2) is 18.1 Å². The zero-order valence-corrected chi connectivity index (χ0v) is 18.9. The molecule has 0 spiro atoms. The molecule has 3 aromatic carbocycles. The molecule has 3 aromatic rings. The van der Waals surface area contributed by atoms with Crippen molar-refractivity contribution in [2.45, 2.75) is 20.4 Å². The Morgan fingerprint density at radius 1 is 0.968 bits per heavy atom. The van der Waals surface area contributed by atoms with Crippen molar-refractivity contribution in [1.29, 1.82) is 0 Å². The van der Waals surface area contributed by atoms with Crippen LogP contribution in [0.1, 0.15) is 18.1 Å². The lowest BCUT2D eigenvalue weighted by atomic mass is 10.1. The van der Waals surface area contributed by atoms with E-state index >= 15 is 0 Å². The van der Waals surface area contributed by atoms with E-state index in [0.29, 0.717) is 40.4 Å². The Balaban J connectivity index is 1.69. The maximum absolute atomic E-state index is 12.2. The molecule has 0 atom stereocenters. The van der Waals surface area contributed by atoms with E-state index in [1.165, 1.54) is 0 Å². The van der Waals surface area contributed by atoms with Crippen molar-refractivity contribution in [2.75, 3.05) is 23.8 Å². The quantitative estimate of drug-likeness (QED) is 0.393. The van der Waals surface area contributed by atoms with E-state index in [9.17, 15) is 4.79 Å². The lowest BCUT2D eigenvalue weighted by Crippen LogP contribution is -2.20. The first-order chi connectivity index (χ1) is 15.0. The average Bonchev–Trinajstić information content (AvgIpc) is 2.75. The minimum Gasteiger partial charge on any atom is -0.490 e. The third kappa shape index (κ3) is 6.29. The summed E-state index contributed by atoms with van der Waals surface area (Å²) in [4.78, 5) is 12.2. The molecule has 0 aliphatic rings. The molecule has 7 heteroatoms. The zero-order valence-electron chi connectivity index (χ0n) is 17.4. The number of rotatable bonds is 9. The predicted molar refractivity (Wildman–Crippen MR) is 127 cm³/mol. The molecule has 0 aliphatic heterocycles. The van der Waals surface area contributed by atoms with Crippen LogP contribution in [0.3, 0.4) is 0 Å². The molecular weight excluding hydrogens is 435 g/mol. The van der Waals surface area contributed by atoms with Crippen LogP contribution in [0.4, 0.5) is 11.4 Å². The number of hydrogen-bond donors (Lipinski definition) is 2. The fraction of sp³-hybridized carbons (Fsp3) is 0.208. The highest BCUT2D eigenvalue weighted by Crippen LogP contribution is 2.37. The number of nitrogens with one attached hydrogen (secondary N) is 2. The average molecular weight is 459 g/mol. The number of benzene rings is 3. The van der Waals surface area contributed by atoms with Gasteiger partial charge in [-0.2, -0.15) is 0 Å². The van der Waals surface area contributed by atoms with Crippen molar-refractivity contribution in [3.8, 4) is 11.5 Å². The highest BCUT2D eigenvalue weighted by molar-refractivity contribution is 6.32. The van der Waals surface area contributed by atoms with Crippen molar-refractivity contribution < 1.29 is 14.3 Å². The number of amides is 1. The SMILES string of the molecule is CCOc1cc(CNc2cccc(Cl)c2C)cc(Cl)c1OCC(=O)Nc1ccccc1. The molecule has 5 nitrogen and oxygen atoms in total. The van der Waals surface area contributed by atoms with E-state index in [2.05, 4.69) is 10.6 Å². The van der Waals surface area contributed by atoms with Gasteiger partial charge in [-0.25, -0.2) is 0 Å². The Bertz CT molecular complexity index is 1040. The summed E-state index contributed by atoms with van der Waals surface area (Å²) < 4.78 is 11.4. The molecule has 2 N–H and O–H groups in total. The summed E-state index contributed by atoms with van der Waals surface area (Å²) in [6, 6.07) is 18.5. The molecule has 0 aliphatic carbocycles. The third-order valence-electron chi connectivity index (χ3n) is 4.52. The monoisotopic (exact) mass is 458 g/mol. The maximum Gasteiger partial charge on any atom is 0.262 e. The van der Waals surface area contributed by atoms with Crippen molar-refractivity contribution in [3.05, 3.63) is 81.8 Å². The normalized spacial score (nSPS) is 10.5. The van der Waals surface area contributed by atoms with Gasteiger partial charge in [0.05, 0.1) is 11.6 Å². The van der Waals surface area contributed by atoms with Crippen LogP contribution >= 0.6 is 23.2 Å². The molecule has 31 heavy (non-hydrogen) atoms. The van der Waals surface area contributed by atoms with E-state index in [1.54, 1.807) is 18.2 Å². The Labute approximate surface area is 192 Å². The highest BCUT2D eigenvalue weighted by atomic mass is 35.5. The Morgan fingerprint density at radius 3 is 2.48 bits per heavy atom. The number of hydrogen-bond acceptors (Lipinski definition) is 4. The van der Waals surface area contributed by atoms with Crippen LogP contribution in [0.5, 0.6) is 11.5 Å². The first-order valence-corrected chi connectivity index (χ1v) is 10.7. The fourth-order valence-electron chi connectivity index (χ4n) is 2.98. The van der Waals surface area contributed by atoms with Gasteiger partial charge in [0, 0.05) is 22.9 Å². The number of carbonyl (C=O) groups excluding carboxylic acids is 1. The molecule has 0 aromatic heterocycles. The molecule has 0 saturated heterocycles. The topological polar surface area (TPSA) is 59.6 Å². The molecule has 3 rings (SSSR count). The zero-order chi connectivity index (χ0) is 22.2. The maximum atomic E-state index is 12.2. The van der Waals surface area contributed by atoms with Gasteiger partial charge in [0.2, 0.25) is 0 Å². The molecule has 0 bridgehead atoms. The van der Waals surface area contributed by atoms with Crippen LogP contribution in [0.25, 0.3) is 0 Å². The van der Waals surface area contributed by atoms with Crippen LogP contribution in [0.15, 0.2) is 60.7 Å². The lowest BCUT2D eigenvalue weighted by Gasteiger charge is -2.16. The highest BCUT2D eigenvalue weighted by Gasteiger charge is 2.15. The number of carbonyl (C=O) groups is 1. The van der Waals surface area contributed by atoms with Gasteiger partial charge >= 0.3 is 0 Å². The Morgan fingerprint density at radius 2 is 1.74 bits per heavy atom. The smallest absolute Gasteiger partial charge is 0.262 e. The first-order valence-electron chi connectivity index (χ1n) is 9.89. The van der Waals surface area contributed by atoms with Gasteiger partial charge in [-0.05, 0) is 61.4 Å². The molecule has 0 fully saturated rings. The van der Waals surface area contributed by atoms with E-state index in [0.717, 1.165) is 16.8 Å². The van der Waals surface area contributed by atoms with Gasteiger partial charge in [-0.1, -0.05) is 47.5 Å². The van der Waals surface area contributed by atoms with Crippen molar-refractivity contribution in [2.24, 2.45) is 0 Å². The van der Waals surface area contributed by atoms with E-state index < -0.39 is 0 Å². The molecule has 162 valence electrons. The van der Waals surface area contributed by atoms with Crippen molar-refractivity contribution in [3.63, 3.8) is 0 Å². The molecule has 0 radical (unpaired) electrons. The second-order valence-electron chi connectivity index (χ2n) is 6.81. The van der Waals surface area contributed by atoms with Crippen molar-refractivity contribution >= 4 is 40.5 Å². The van der Waals surface area contributed by atoms with Crippen molar-refractivity contribution in [1.82, 2.24) is 0 Å².